The van der Waals surface area contributed by atoms with Gasteiger partial charge < -0.3 is 15.5 Å². The van der Waals surface area contributed by atoms with Crippen LogP contribution in [0.15, 0.2) is 12.1 Å². The molecule has 1 aliphatic rings. The van der Waals surface area contributed by atoms with Crippen molar-refractivity contribution in [3.63, 3.8) is 0 Å². The lowest BCUT2D eigenvalue weighted by Gasteiger charge is -2.28. The van der Waals surface area contributed by atoms with Crippen molar-refractivity contribution in [3.8, 4) is 0 Å². The summed E-state index contributed by atoms with van der Waals surface area (Å²) in [6, 6.07) is 2.95. The maximum atomic E-state index is 11.0. The van der Waals surface area contributed by atoms with E-state index in [1.165, 1.54) is 12.1 Å². The van der Waals surface area contributed by atoms with E-state index in [4.69, 9.17) is 10.6 Å². The third-order valence-corrected chi connectivity index (χ3v) is 3.56. The molecule has 1 aromatic rings. The fourth-order valence-electron chi connectivity index (χ4n) is 2.34. The first-order valence-electron chi connectivity index (χ1n) is 6.58. The van der Waals surface area contributed by atoms with Gasteiger partial charge in [0.05, 0.1) is 4.92 Å². The molecule has 0 bridgehead atoms. The van der Waals surface area contributed by atoms with E-state index >= 15 is 0 Å². The number of nitrogens with one attached hydrogen (secondary N) is 2. The van der Waals surface area contributed by atoms with Gasteiger partial charge >= 0.3 is 5.69 Å². The van der Waals surface area contributed by atoms with Gasteiger partial charge in [0.1, 0.15) is 5.82 Å². The zero-order valence-corrected chi connectivity index (χ0v) is 11.3. The number of nitro groups is 1. The second-order valence-electron chi connectivity index (χ2n) is 4.85. The molecule has 1 atom stereocenters. The third-order valence-electron chi connectivity index (χ3n) is 3.56. The van der Waals surface area contributed by atoms with Crippen LogP contribution >= 0.6 is 0 Å². The van der Waals surface area contributed by atoms with E-state index in [-0.39, 0.29) is 17.5 Å². The van der Waals surface area contributed by atoms with Gasteiger partial charge in [-0.1, -0.05) is 0 Å². The zero-order valence-electron chi connectivity index (χ0n) is 11.3. The summed E-state index contributed by atoms with van der Waals surface area (Å²) < 4.78 is 5.32. The van der Waals surface area contributed by atoms with Crippen LogP contribution in [0.25, 0.3) is 0 Å². The minimum atomic E-state index is -0.452. The Kier molecular flexibility index (Phi) is 4.70. The molecule has 0 aromatic carbocycles. The maximum Gasteiger partial charge on any atom is 0.311 e. The van der Waals surface area contributed by atoms with Crippen LogP contribution in [0.2, 0.25) is 0 Å². The predicted molar refractivity (Wildman–Crippen MR) is 75.3 cm³/mol. The molecular weight excluding hydrogens is 262 g/mol. The number of anilines is 2. The van der Waals surface area contributed by atoms with E-state index in [2.05, 4.69) is 15.7 Å². The van der Waals surface area contributed by atoms with Gasteiger partial charge in [0, 0.05) is 25.3 Å². The van der Waals surface area contributed by atoms with Crippen molar-refractivity contribution in [1.29, 1.82) is 0 Å². The summed E-state index contributed by atoms with van der Waals surface area (Å²) in [5, 5.41) is 14.2. The molecule has 8 heteroatoms. The van der Waals surface area contributed by atoms with Crippen LogP contribution in [0.3, 0.4) is 0 Å². The number of rotatable bonds is 5. The molecular formula is C12H19N5O3. The number of nitrogens with two attached hydrogens (primary N) is 1. The Bertz CT molecular complexity index is 476. The molecule has 0 amide bonds. The highest BCUT2D eigenvalue weighted by Crippen LogP contribution is 2.27. The number of hydrogen-bond acceptors (Lipinski definition) is 7. The van der Waals surface area contributed by atoms with Gasteiger partial charge in [-0.15, -0.1) is 0 Å². The van der Waals surface area contributed by atoms with E-state index in [0.717, 1.165) is 26.1 Å². The Balaban J connectivity index is 2.15. The van der Waals surface area contributed by atoms with Crippen LogP contribution in [0.1, 0.15) is 19.8 Å². The fourth-order valence-corrected chi connectivity index (χ4v) is 2.34. The molecule has 0 spiro atoms. The number of pyridine rings is 1. The molecule has 0 saturated carbocycles. The van der Waals surface area contributed by atoms with Crippen LogP contribution in [0.4, 0.5) is 17.3 Å². The average molecular weight is 281 g/mol. The second kappa shape index (κ2) is 6.49. The molecule has 2 rings (SSSR count). The molecule has 1 aromatic heterocycles. The minimum Gasteiger partial charge on any atom is -0.381 e. The minimum absolute atomic E-state index is 0.0529. The van der Waals surface area contributed by atoms with Gasteiger partial charge in [-0.25, -0.2) is 10.8 Å². The Hall–Kier alpha value is -1.93. The summed E-state index contributed by atoms with van der Waals surface area (Å²) in [7, 11) is 0. The van der Waals surface area contributed by atoms with Crippen molar-refractivity contribution in [2.24, 2.45) is 11.8 Å². The fraction of sp³-hybridized carbons (Fsp3) is 0.583. The molecule has 1 saturated heterocycles. The number of nitrogens with zero attached hydrogens (tertiary/aromatic N) is 2. The van der Waals surface area contributed by atoms with Crippen molar-refractivity contribution < 1.29 is 9.66 Å². The van der Waals surface area contributed by atoms with Crippen molar-refractivity contribution in [2.45, 2.75) is 25.8 Å². The monoisotopic (exact) mass is 281 g/mol. The highest BCUT2D eigenvalue weighted by Gasteiger charge is 2.24. The summed E-state index contributed by atoms with van der Waals surface area (Å²) in [5.41, 5.74) is 2.34. The molecule has 20 heavy (non-hydrogen) atoms. The van der Waals surface area contributed by atoms with Crippen molar-refractivity contribution in [2.75, 3.05) is 24.0 Å². The SMILES string of the molecule is CC(Nc1nc(NN)ccc1[N+](=O)[O-])C1CCOCC1. The summed E-state index contributed by atoms with van der Waals surface area (Å²) in [5.74, 6) is 6.33. The standard InChI is InChI=1S/C12H19N5O3/c1-8(9-4-6-20-7-5-9)14-12-10(17(18)19)2-3-11(15-12)16-13/h2-3,8-9H,4-7,13H2,1H3,(H2,14,15,16). The van der Waals surface area contributed by atoms with E-state index in [1.54, 1.807) is 0 Å². The molecule has 8 nitrogen and oxygen atoms in total. The molecule has 1 unspecified atom stereocenters. The lowest BCUT2D eigenvalue weighted by molar-refractivity contribution is -0.384. The van der Waals surface area contributed by atoms with Crippen LogP contribution in [0.5, 0.6) is 0 Å². The van der Waals surface area contributed by atoms with E-state index < -0.39 is 4.92 Å². The quantitative estimate of drug-likeness (QED) is 0.425. The van der Waals surface area contributed by atoms with Gasteiger partial charge in [-0.05, 0) is 31.7 Å². The summed E-state index contributed by atoms with van der Waals surface area (Å²) in [6.45, 7) is 3.47. The molecule has 0 aliphatic carbocycles. The Labute approximate surface area is 116 Å². The maximum absolute atomic E-state index is 11.0. The van der Waals surface area contributed by atoms with Gasteiger partial charge in [-0.2, -0.15) is 0 Å². The molecule has 1 fully saturated rings. The highest BCUT2D eigenvalue weighted by atomic mass is 16.6. The first kappa shape index (κ1) is 14.5. The van der Waals surface area contributed by atoms with E-state index in [1.807, 2.05) is 6.92 Å². The first-order chi connectivity index (χ1) is 9.61. The average Bonchev–Trinajstić information content (AvgIpc) is 2.47. The highest BCUT2D eigenvalue weighted by molar-refractivity contribution is 5.60. The number of hydrogen-bond donors (Lipinski definition) is 3. The summed E-state index contributed by atoms with van der Waals surface area (Å²) >= 11 is 0. The summed E-state index contributed by atoms with van der Waals surface area (Å²) in [4.78, 5) is 14.7. The van der Waals surface area contributed by atoms with Gasteiger partial charge in [0.2, 0.25) is 5.82 Å². The molecule has 4 N–H and O–H groups in total. The Morgan fingerprint density at radius 1 is 1.50 bits per heavy atom. The van der Waals surface area contributed by atoms with Crippen molar-refractivity contribution >= 4 is 17.3 Å². The second-order valence-corrected chi connectivity index (χ2v) is 4.85. The number of hydrazine groups is 1. The lowest BCUT2D eigenvalue weighted by Crippen LogP contribution is -2.31. The predicted octanol–water partition coefficient (Wildman–Crippen LogP) is 1.50. The molecule has 0 radical (unpaired) electrons. The molecule has 2 heterocycles. The van der Waals surface area contributed by atoms with Crippen LogP contribution in [-0.2, 0) is 4.74 Å². The molecule has 110 valence electrons. The normalized spacial score (nSPS) is 17.5. The van der Waals surface area contributed by atoms with E-state index in [0.29, 0.717) is 11.7 Å². The van der Waals surface area contributed by atoms with Crippen LogP contribution in [0, 0.1) is 16.0 Å². The molecule has 1 aliphatic heterocycles. The van der Waals surface area contributed by atoms with Gasteiger partial charge in [0.15, 0.2) is 0 Å². The number of ether oxygens (including phenoxy) is 1. The lowest BCUT2D eigenvalue weighted by atomic mass is 9.93. The van der Waals surface area contributed by atoms with Crippen LogP contribution in [-0.4, -0.2) is 29.2 Å². The summed E-state index contributed by atoms with van der Waals surface area (Å²) in [6.07, 6.45) is 1.88. The Morgan fingerprint density at radius 3 is 2.80 bits per heavy atom. The van der Waals surface area contributed by atoms with Crippen molar-refractivity contribution in [3.05, 3.63) is 22.2 Å². The van der Waals surface area contributed by atoms with Gasteiger partial charge in [0.25, 0.3) is 0 Å². The third kappa shape index (κ3) is 3.34. The van der Waals surface area contributed by atoms with Gasteiger partial charge in [-0.3, -0.25) is 10.1 Å². The van der Waals surface area contributed by atoms with E-state index in [9.17, 15) is 10.1 Å². The zero-order chi connectivity index (χ0) is 14.5. The Morgan fingerprint density at radius 2 is 2.20 bits per heavy atom. The first-order valence-corrected chi connectivity index (χ1v) is 6.58. The topological polar surface area (TPSA) is 115 Å². The number of aromatic nitrogens is 1. The smallest absolute Gasteiger partial charge is 0.311 e. The van der Waals surface area contributed by atoms with Crippen LogP contribution < -0.4 is 16.6 Å². The van der Waals surface area contributed by atoms with Crippen molar-refractivity contribution in [1.82, 2.24) is 4.98 Å². The number of nitrogen functional groups attached to an aromatic ring is 1. The largest absolute Gasteiger partial charge is 0.381 e.